The van der Waals surface area contributed by atoms with Crippen LogP contribution in [-0.2, 0) is 23.8 Å². The van der Waals surface area contributed by atoms with Crippen molar-refractivity contribution in [2.24, 2.45) is 0 Å². The average Bonchev–Trinajstić information content (AvgIpc) is 3.41. The molecule has 11 nitrogen and oxygen atoms in total. The van der Waals surface area contributed by atoms with Gasteiger partial charge in [0.25, 0.3) is 0 Å². The molecule has 1 heterocycles. The number of unbranched alkanes of at least 4 members (excludes halogenated alkanes) is 18. The lowest BCUT2D eigenvalue weighted by Crippen LogP contribution is -2.61. The van der Waals surface area contributed by atoms with Gasteiger partial charge in [-0.15, -0.1) is 0 Å². The second-order valence-electron chi connectivity index (χ2n) is 19.7. The number of hydrogen-bond acceptors (Lipinski definition) is 10. The number of rotatable bonds is 47. The molecule has 1 aliphatic heterocycles. The summed E-state index contributed by atoms with van der Waals surface area (Å²) in [6.45, 7) is 5.47. The maximum Gasteiger partial charge on any atom is 0.306 e. The highest BCUT2D eigenvalue weighted by Gasteiger charge is 2.47. The molecular weight excluding hydrogens is 943 g/mol. The zero-order valence-corrected chi connectivity index (χ0v) is 46.9. The van der Waals surface area contributed by atoms with Gasteiger partial charge in [-0.2, -0.15) is 0 Å². The Hall–Kier alpha value is -3.94. The van der Waals surface area contributed by atoms with Crippen molar-refractivity contribution in [1.29, 1.82) is 0 Å². The molecule has 0 bridgehead atoms. The van der Waals surface area contributed by atoms with Gasteiger partial charge in [-0.1, -0.05) is 239 Å². The first-order valence-electron chi connectivity index (χ1n) is 29.3. The third-order valence-corrected chi connectivity index (χ3v) is 12.9. The van der Waals surface area contributed by atoms with E-state index in [2.05, 4.69) is 105 Å². The van der Waals surface area contributed by atoms with E-state index < -0.39 is 67.4 Å². The first kappa shape index (κ1) is 69.1. The maximum absolute atomic E-state index is 13.4. The lowest BCUT2D eigenvalue weighted by molar-refractivity contribution is -0.305. The van der Waals surface area contributed by atoms with E-state index in [1.54, 1.807) is 12.2 Å². The highest BCUT2D eigenvalue weighted by atomic mass is 16.7. The van der Waals surface area contributed by atoms with Crippen molar-refractivity contribution in [3.63, 3.8) is 0 Å². The number of hydrogen-bond donors (Lipinski definition) is 6. The van der Waals surface area contributed by atoms with Crippen molar-refractivity contribution in [3.8, 4) is 0 Å². The van der Waals surface area contributed by atoms with Gasteiger partial charge < -0.3 is 45.1 Å². The molecule has 1 rings (SSSR count). The Kier molecular flexibility index (Phi) is 46.8. The normalized spacial score (nSPS) is 20.1. The van der Waals surface area contributed by atoms with Crippen molar-refractivity contribution in [1.82, 2.24) is 5.32 Å². The van der Waals surface area contributed by atoms with E-state index in [0.29, 0.717) is 12.8 Å². The second kappa shape index (κ2) is 50.9. The van der Waals surface area contributed by atoms with Crippen LogP contribution in [0, 0.1) is 0 Å². The van der Waals surface area contributed by atoms with Crippen LogP contribution < -0.4 is 5.32 Å². The minimum Gasteiger partial charge on any atom is -0.454 e. The molecule has 11 heteroatoms. The Balaban J connectivity index is 2.80. The number of aliphatic hydroxyl groups excluding tert-OH is 5. The quantitative estimate of drug-likeness (QED) is 0.0149. The van der Waals surface area contributed by atoms with Crippen LogP contribution in [0.3, 0.4) is 0 Å². The van der Waals surface area contributed by atoms with Crippen molar-refractivity contribution < 1.29 is 49.3 Å². The first-order chi connectivity index (χ1) is 36.7. The molecule has 0 spiro atoms. The van der Waals surface area contributed by atoms with Gasteiger partial charge in [-0.25, -0.2) is 0 Å². The van der Waals surface area contributed by atoms with Gasteiger partial charge in [-0.3, -0.25) is 9.59 Å². The molecule has 1 amide bonds. The largest absolute Gasteiger partial charge is 0.454 e. The van der Waals surface area contributed by atoms with Crippen LogP contribution >= 0.6 is 0 Å². The number of aliphatic hydroxyl groups is 5. The van der Waals surface area contributed by atoms with Gasteiger partial charge in [0, 0.05) is 12.8 Å². The molecule has 0 aromatic rings. The summed E-state index contributed by atoms with van der Waals surface area (Å²) in [5.74, 6) is -1.31. The van der Waals surface area contributed by atoms with Crippen LogP contribution in [-0.4, -0.2) is 99.6 Å². The fourth-order valence-corrected chi connectivity index (χ4v) is 8.31. The van der Waals surface area contributed by atoms with Gasteiger partial charge in [0.2, 0.25) is 5.91 Å². The van der Waals surface area contributed by atoms with E-state index in [1.807, 2.05) is 30.4 Å². The number of amides is 1. The van der Waals surface area contributed by atoms with E-state index >= 15 is 0 Å². The highest BCUT2D eigenvalue weighted by Crippen LogP contribution is 2.26. The van der Waals surface area contributed by atoms with Crippen molar-refractivity contribution in [2.75, 3.05) is 13.2 Å². The third kappa shape index (κ3) is 39.1. The van der Waals surface area contributed by atoms with Gasteiger partial charge in [0.1, 0.15) is 24.4 Å². The van der Waals surface area contributed by atoms with Crippen LogP contribution in [0.2, 0.25) is 0 Å². The van der Waals surface area contributed by atoms with Gasteiger partial charge in [-0.05, 0) is 77.0 Å². The summed E-state index contributed by atoms with van der Waals surface area (Å²) in [6.07, 6.45) is 59.7. The van der Waals surface area contributed by atoms with Gasteiger partial charge in [0.05, 0.1) is 25.4 Å². The van der Waals surface area contributed by atoms with Crippen LogP contribution in [0.4, 0.5) is 0 Å². The molecule has 0 aromatic carbocycles. The Morgan fingerprint density at radius 1 is 0.547 bits per heavy atom. The standard InChI is InChI=1S/C64H105NO10/c1-4-7-10-13-16-19-22-25-27-28-29-31-33-36-39-42-45-48-51-57(68)63(72)65-55(56(67)50-47-44-41-38-35-32-24-21-18-15-12-9-6-3)54-73-64-62(61(71)60(70)58(53-66)74-64)75-59(69)52-49-46-43-40-37-34-30-26-23-20-17-14-11-8-5-2/h7-8,10-11,14,16-17,19-20,23,25,27,29,31,36,39,45,47-48,50,55-58,60-62,64,66-68,70-71H,4-6,9,12-13,15,18,21-22,24,26,28,30,32-35,37-38,40-44,46,49,51-54H2,1-3H3,(H,65,72)/b10-7-,11-8+,17-14+,19-16-,23-20+,27-25-,31-29-,39-36-,48-45-,50-47+. The summed E-state index contributed by atoms with van der Waals surface area (Å²) in [5, 5.41) is 56.8. The Morgan fingerprint density at radius 3 is 1.53 bits per heavy atom. The molecule has 426 valence electrons. The molecule has 0 saturated carbocycles. The van der Waals surface area contributed by atoms with Crippen molar-refractivity contribution in [3.05, 3.63) is 122 Å². The highest BCUT2D eigenvalue weighted by molar-refractivity contribution is 5.81. The molecule has 0 aromatic heterocycles. The van der Waals surface area contributed by atoms with Crippen molar-refractivity contribution in [2.45, 2.75) is 256 Å². The molecule has 8 atom stereocenters. The second-order valence-corrected chi connectivity index (χ2v) is 19.7. The van der Waals surface area contributed by atoms with Crippen LogP contribution in [0.25, 0.3) is 0 Å². The minimum absolute atomic E-state index is 0.0503. The number of allylic oxidation sites excluding steroid dienone is 18. The molecule has 75 heavy (non-hydrogen) atoms. The summed E-state index contributed by atoms with van der Waals surface area (Å²) in [5.41, 5.74) is 0. The predicted octanol–water partition coefficient (Wildman–Crippen LogP) is 13.5. The molecule has 1 fully saturated rings. The minimum atomic E-state index is -1.64. The van der Waals surface area contributed by atoms with E-state index in [-0.39, 0.29) is 19.4 Å². The summed E-state index contributed by atoms with van der Waals surface area (Å²) < 4.78 is 17.5. The zero-order chi connectivity index (χ0) is 54.7. The summed E-state index contributed by atoms with van der Waals surface area (Å²) in [6, 6.07) is -1.07. The number of ether oxygens (including phenoxy) is 3. The molecule has 1 aliphatic rings. The molecule has 8 unspecified atom stereocenters. The number of nitrogens with one attached hydrogen (secondary N) is 1. The summed E-state index contributed by atoms with van der Waals surface area (Å²) >= 11 is 0. The third-order valence-electron chi connectivity index (χ3n) is 12.9. The Morgan fingerprint density at radius 2 is 1.01 bits per heavy atom. The topological polar surface area (TPSA) is 175 Å². The fourth-order valence-electron chi connectivity index (χ4n) is 8.31. The van der Waals surface area contributed by atoms with Gasteiger partial charge in [0.15, 0.2) is 12.4 Å². The lowest BCUT2D eigenvalue weighted by atomic mass is 9.99. The van der Waals surface area contributed by atoms with Crippen LogP contribution in [0.5, 0.6) is 0 Å². The maximum atomic E-state index is 13.4. The average molecular weight is 1050 g/mol. The molecular formula is C64H105NO10. The van der Waals surface area contributed by atoms with E-state index in [9.17, 15) is 35.1 Å². The number of esters is 1. The smallest absolute Gasteiger partial charge is 0.306 e. The number of carbonyl (C=O) groups excluding carboxylic acids is 2. The SMILES string of the molecule is CC/C=C\C/C=C\C/C=C\C/C=C\C/C=C\C/C=C\CC(O)C(=O)NC(COC1OC(CO)C(O)C(O)C1OC(=O)CCCCCCCCC/C=C/C=C/C=C/CC)C(O)/C=C/CCCCCCCCCCCCC. The van der Waals surface area contributed by atoms with E-state index in [0.717, 1.165) is 109 Å². The molecule has 1 saturated heterocycles. The van der Waals surface area contributed by atoms with E-state index in [4.69, 9.17) is 14.2 Å². The zero-order valence-electron chi connectivity index (χ0n) is 46.9. The van der Waals surface area contributed by atoms with Gasteiger partial charge >= 0.3 is 5.97 Å². The molecule has 0 radical (unpaired) electrons. The molecule has 0 aliphatic carbocycles. The summed E-state index contributed by atoms with van der Waals surface area (Å²) in [4.78, 5) is 26.5. The fraction of sp³-hybridized carbons (Fsp3) is 0.656. The lowest BCUT2D eigenvalue weighted by Gasteiger charge is -2.41. The molecule has 6 N–H and O–H groups in total. The van der Waals surface area contributed by atoms with Crippen LogP contribution in [0.15, 0.2) is 122 Å². The van der Waals surface area contributed by atoms with Crippen LogP contribution in [0.1, 0.15) is 207 Å². The number of carbonyl (C=O) groups is 2. The monoisotopic (exact) mass is 1050 g/mol. The summed E-state index contributed by atoms with van der Waals surface area (Å²) in [7, 11) is 0. The first-order valence-corrected chi connectivity index (χ1v) is 29.3. The van der Waals surface area contributed by atoms with Crippen molar-refractivity contribution >= 4 is 11.9 Å². The Bertz CT molecular complexity index is 1680. The Labute approximate surface area is 455 Å². The van der Waals surface area contributed by atoms with E-state index in [1.165, 1.54) is 51.4 Å². The predicted molar refractivity (Wildman–Crippen MR) is 310 cm³/mol.